The van der Waals surface area contributed by atoms with E-state index in [1.54, 1.807) is 19.5 Å². The fourth-order valence-electron chi connectivity index (χ4n) is 3.99. The van der Waals surface area contributed by atoms with Gasteiger partial charge >= 0.3 is 0 Å². The van der Waals surface area contributed by atoms with Gasteiger partial charge in [0.25, 0.3) is 0 Å². The highest BCUT2D eigenvalue weighted by Gasteiger charge is 2.27. The summed E-state index contributed by atoms with van der Waals surface area (Å²) in [4.78, 5) is 30.8. The molecule has 1 unspecified atom stereocenters. The predicted octanol–water partition coefficient (Wildman–Crippen LogP) is 3.56. The standard InChI is InChI=1S/C25H29N5O2/c1-29(2)23-15-22(27-25(28-23)19-6-4-12-26-16-19)20-7-5-13-30(17-20)24(31)14-18-8-10-21(32-3)11-9-18/h4,6,8-12,15-16,20H,5,7,13-14,17H2,1-3H3. The third kappa shape index (κ3) is 5.04. The molecule has 1 aromatic carbocycles. The lowest BCUT2D eigenvalue weighted by Gasteiger charge is -2.33. The van der Waals surface area contributed by atoms with E-state index >= 15 is 0 Å². The van der Waals surface area contributed by atoms with E-state index in [-0.39, 0.29) is 11.8 Å². The van der Waals surface area contributed by atoms with Crippen LogP contribution in [0, 0.1) is 0 Å². The number of aromatic nitrogens is 3. The zero-order valence-corrected chi connectivity index (χ0v) is 18.9. The third-order valence-corrected chi connectivity index (χ3v) is 5.82. The van der Waals surface area contributed by atoms with Crippen molar-refractivity contribution in [2.24, 2.45) is 0 Å². The van der Waals surface area contributed by atoms with Crippen molar-refractivity contribution in [1.29, 1.82) is 0 Å². The molecule has 1 saturated heterocycles. The molecule has 4 rings (SSSR count). The minimum Gasteiger partial charge on any atom is -0.497 e. The molecule has 32 heavy (non-hydrogen) atoms. The normalized spacial score (nSPS) is 16.0. The largest absolute Gasteiger partial charge is 0.497 e. The number of amides is 1. The first-order valence-electron chi connectivity index (χ1n) is 10.9. The molecule has 1 fully saturated rings. The summed E-state index contributed by atoms with van der Waals surface area (Å²) in [7, 11) is 5.60. The molecule has 1 aliphatic heterocycles. The van der Waals surface area contributed by atoms with E-state index in [1.165, 1.54) is 0 Å². The number of anilines is 1. The maximum Gasteiger partial charge on any atom is 0.227 e. The molecule has 3 heterocycles. The Labute approximate surface area is 189 Å². The quantitative estimate of drug-likeness (QED) is 0.594. The fraction of sp³-hybridized carbons (Fsp3) is 0.360. The summed E-state index contributed by atoms with van der Waals surface area (Å²) in [5.41, 5.74) is 2.86. The molecule has 0 spiro atoms. The molecule has 1 amide bonds. The van der Waals surface area contributed by atoms with Crippen LogP contribution in [-0.2, 0) is 11.2 Å². The predicted molar refractivity (Wildman–Crippen MR) is 125 cm³/mol. The number of benzene rings is 1. The van der Waals surface area contributed by atoms with Gasteiger partial charge in [-0.05, 0) is 42.7 Å². The highest BCUT2D eigenvalue weighted by atomic mass is 16.5. The molecule has 1 atom stereocenters. The van der Waals surface area contributed by atoms with Crippen LogP contribution in [0.5, 0.6) is 5.75 Å². The van der Waals surface area contributed by atoms with Gasteiger partial charge in [0, 0.05) is 57.1 Å². The molecule has 7 nitrogen and oxygen atoms in total. The monoisotopic (exact) mass is 431 g/mol. The van der Waals surface area contributed by atoms with E-state index in [0.717, 1.165) is 47.8 Å². The molecule has 166 valence electrons. The van der Waals surface area contributed by atoms with E-state index in [1.807, 2.05) is 66.4 Å². The molecule has 0 aliphatic carbocycles. The lowest BCUT2D eigenvalue weighted by molar-refractivity contribution is -0.131. The van der Waals surface area contributed by atoms with Crippen LogP contribution in [0.1, 0.15) is 30.0 Å². The van der Waals surface area contributed by atoms with E-state index in [9.17, 15) is 4.79 Å². The van der Waals surface area contributed by atoms with Crippen LogP contribution in [0.3, 0.4) is 0 Å². The van der Waals surface area contributed by atoms with Crippen LogP contribution in [0.25, 0.3) is 11.4 Å². The molecular formula is C25H29N5O2. The first kappa shape index (κ1) is 21.7. The number of carbonyl (C=O) groups excluding carboxylic acids is 1. The summed E-state index contributed by atoms with van der Waals surface area (Å²) in [5.74, 6) is 2.65. The van der Waals surface area contributed by atoms with Gasteiger partial charge in [0.15, 0.2) is 5.82 Å². The average molecular weight is 432 g/mol. The maximum absolute atomic E-state index is 13.0. The second-order valence-electron chi connectivity index (χ2n) is 8.31. The van der Waals surface area contributed by atoms with Crippen LogP contribution in [0.2, 0.25) is 0 Å². The summed E-state index contributed by atoms with van der Waals surface area (Å²) in [6.07, 6.45) is 5.88. The topological polar surface area (TPSA) is 71.5 Å². The Morgan fingerprint density at radius 2 is 2.00 bits per heavy atom. The van der Waals surface area contributed by atoms with E-state index < -0.39 is 0 Å². The SMILES string of the molecule is COc1ccc(CC(=O)N2CCCC(c3cc(N(C)C)nc(-c4cccnc4)n3)C2)cc1. The molecular weight excluding hydrogens is 402 g/mol. The molecule has 7 heteroatoms. The van der Waals surface area contributed by atoms with Gasteiger partial charge in [-0.25, -0.2) is 9.97 Å². The second kappa shape index (κ2) is 9.77. The van der Waals surface area contributed by atoms with Crippen LogP contribution < -0.4 is 9.64 Å². The van der Waals surface area contributed by atoms with Crippen LogP contribution in [-0.4, -0.2) is 60.1 Å². The minimum absolute atomic E-state index is 0.147. The van der Waals surface area contributed by atoms with Crippen molar-refractivity contribution in [2.45, 2.75) is 25.2 Å². The highest BCUT2D eigenvalue weighted by molar-refractivity contribution is 5.79. The first-order valence-corrected chi connectivity index (χ1v) is 10.9. The summed E-state index contributed by atoms with van der Waals surface area (Å²) in [5, 5.41) is 0. The number of nitrogens with zero attached hydrogens (tertiary/aromatic N) is 5. The Kier molecular flexibility index (Phi) is 6.63. The number of ether oxygens (including phenoxy) is 1. The van der Waals surface area contributed by atoms with Crippen molar-refractivity contribution in [2.75, 3.05) is 39.2 Å². The first-order chi connectivity index (χ1) is 15.5. The summed E-state index contributed by atoms with van der Waals surface area (Å²) < 4.78 is 5.21. The van der Waals surface area contributed by atoms with Crippen molar-refractivity contribution in [3.05, 3.63) is 66.1 Å². The van der Waals surface area contributed by atoms with Gasteiger partial charge in [-0.1, -0.05) is 12.1 Å². The van der Waals surface area contributed by atoms with Crippen LogP contribution in [0.4, 0.5) is 5.82 Å². The number of hydrogen-bond donors (Lipinski definition) is 0. The number of carbonyl (C=O) groups is 1. The maximum atomic E-state index is 13.0. The molecule has 2 aromatic heterocycles. The number of likely N-dealkylation sites (tertiary alicyclic amines) is 1. The lowest BCUT2D eigenvalue weighted by atomic mass is 9.93. The zero-order valence-electron chi connectivity index (χ0n) is 18.9. The van der Waals surface area contributed by atoms with Crippen LogP contribution >= 0.6 is 0 Å². The summed E-state index contributed by atoms with van der Waals surface area (Å²) >= 11 is 0. The highest BCUT2D eigenvalue weighted by Crippen LogP contribution is 2.29. The average Bonchev–Trinajstić information content (AvgIpc) is 2.85. The van der Waals surface area contributed by atoms with Crippen molar-refractivity contribution in [1.82, 2.24) is 19.9 Å². The number of piperidine rings is 1. The number of pyridine rings is 1. The van der Waals surface area contributed by atoms with Gasteiger partial charge in [-0.2, -0.15) is 0 Å². The van der Waals surface area contributed by atoms with Crippen LogP contribution in [0.15, 0.2) is 54.9 Å². The van der Waals surface area contributed by atoms with Gasteiger partial charge in [-0.3, -0.25) is 9.78 Å². The minimum atomic E-state index is 0.147. The number of rotatable bonds is 6. The summed E-state index contributed by atoms with van der Waals surface area (Å²) in [6, 6.07) is 13.6. The Balaban J connectivity index is 1.53. The Hall–Kier alpha value is -3.48. The molecule has 3 aromatic rings. The van der Waals surface area contributed by atoms with Crippen molar-refractivity contribution in [3.63, 3.8) is 0 Å². The zero-order chi connectivity index (χ0) is 22.5. The molecule has 0 saturated carbocycles. The van der Waals surface area contributed by atoms with Gasteiger partial charge in [0.05, 0.1) is 19.2 Å². The Morgan fingerprint density at radius 1 is 1.19 bits per heavy atom. The van der Waals surface area contributed by atoms with Gasteiger partial charge < -0.3 is 14.5 Å². The Morgan fingerprint density at radius 3 is 2.69 bits per heavy atom. The number of methoxy groups -OCH3 is 1. The smallest absolute Gasteiger partial charge is 0.227 e. The molecule has 0 bridgehead atoms. The van der Waals surface area contributed by atoms with Crippen molar-refractivity contribution in [3.8, 4) is 17.1 Å². The molecule has 0 N–H and O–H groups in total. The number of hydrogen-bond acceptors (Lipinski definition) is 6. The van der Waals surface area contributed by atoms with E-state index in [4.69, 9.17) is 14.7 Å². The van der Waals surface area contributed by atoms with Gasteiger partial charge in [0.2, 0.25) is 5.91 Å². The molecule has 1 aliphatic rings. The second-order valence-corrected chi connectivity index (χ2v) is 8.31. The van der Waals surface area contributed by atoms with Gasteiger partial charge in [-0.15, -0.1) is 0 Å². The molecule has 0 radical (unpaired) electrons. The summed E-state index contributed by atoms with van der Waals surface area (Å²) in [6.45, 7) is 1.46. The third-order valence-electron chi connectivity index (χ3n) is 5.82. The van der Waals surface area contributed by atoms with E-state index in [2.05, 4.69) is 4.98 Å². The fourth-order valence-corrected chi connectivity index (χ4v) is 3.99. The van der Waals surface area contributed by atoms with E-state index in [0.29, 0.717) is 18.8 Å². The van der Waals surface area contributed by atoms with Crippen molar-refractivity contribution < 1.29 is 9.53 Å². The van der Waals surface area contributed by atoms with Crippen molar-refractivity contribution >= 4 is 11.7 Å². The Bertz CT molecular complexity index is 1050. The van der Waals surface area contributed by atoms with Gasteiger partial charge in [0.1, 0.15) is 11.6 Å². The lowest BCUT2D eigenvalue weighted by Crippen LogP contribution is -2.40.